The van der Waals surface area contributed by atoms with Crippen LogP contribution in [0.3, 0.4) is 0 Å². The smallest absolute Gasteiger partial charge is 0.0604 e. The van der Waals surface area contributed by atoms with Gasteiger partial charge in [0.25, 0.3) is 0 Å². The van der Waals surface area contributed by atoms with E-state index in [4.69, 9.17) is 6.42 Å². The van der Waals surface area contributed by atoms with Crippen LogP contribution in [0.4, 0.5) is 0 Å². The van der Waals surface area contributed by atoms with Crippen LogP contribution in [0, 0.1) is 18.3 Å². The third kappa shape index (κ3) is 0.853. The molecule has 1 heterocycles. The summed E-state index contributed by atoms with van der Waals surface area (Å²) in [5, 5.41) is 0. The Morgan fingerprint density at radius 1 is 1.70 bits per heavy atom. The van der Waals surface area contributed by atoms with Crippen LogP contribution in [0.25, 0.3) is 0 Å². The summed E-state index contributed by atoms with van der Waals surface area (Å²) in [7, 11) is 0. The molecule has 0 aromatic carbocycles. The molecule has 1 nitrogen and oxygen atoms in total. The Balaban J connectivity index is 2.00. The van der Waals surface area contributed by atoms with Gasteiger partial charge in [-0.3, -0.25) is 4.90 Å². The summed E-state index contributed by atoms with van der Waals surface area (Å²) in [5.74, 6) is 3.52. The maximum absolute atomic E-state index is 5.22. The molecule has 0 aromatic rings. The van der Waals surface area contributed by atoms with Crippen LogP contribution in [-0.2, 0) is 0 Å². The van der Waals surface area contributed by atoms with E-state index in [1.807, 2.05) is 0 Å². The van der Waals surface area contributed by atoms with Crippen molar-refractivity contribution in [3.05, 3.63) is 12.2 Å². The quantitative estimate of drug-likeness (QED) is 0.379. The first-order valence-electron chi connectivity index (χ1n) is 3.76. The molecule has 0 aromatic heterocycles. The molecule has 0 N–H and O–H groups in total. The second kappa shape index (κ2) is 2.14. The minimum absolute atomic E-state index is 0.793. The third-order valence-electron chi connectivity index (χ3n) is 2.29. The van der Waals surface area contributed by atoms with Crippen molar-refractivity contribution in [1.29, 1.82) is 0 Å². The van der Waals surface area contributed by atoms with E-state index >= 15 is 0 Å². The van der Waals surface area contributed by atoms with Crippen LogP contribution >= 0.6 is 0 Å². The van der Waals surface area contributed by atoms with Crippen LogP contribution in [0.2, 0.25) is 0 Å². The Labute approximate surface area is 61.7 Å². The molecule has 52 valence electrons. The van der Waals surface area contributed by atoms with Crippen LogP contribution in [0.1, 0.15) is 6.42 Å². The molecule has 0 amide bonds. The molecule has 1 aliphatic heterocycles. The lowest BCUT2D eigenvalue weighted by Crippen LogP contribution is -2.29. The van der Waals surface area contributed by atoms with Gasteiger partial charge in [-0.25, -0.2) is 0 Å². The van der Waals surface area contributed by atoms with Gasteiger partial charge in [-0.15, -0.1) is 6.42 Å². The Morgan fingerprint density at radius 2 is 2.60 bits per heavy atom. The van der Waals surface area contributed by atoms with Gasteiger partial charge in [0.2, 0.25) is 0 Å². The van der Waals surface area contributed by atoms with E-state index in [0.29, 0.717) is 0 Å². The van der Waals surface area contributed by atoms with E-state index in [9.17, 15) is 0 Å². The second-order valence-electron chi connectivity index (χ2n) is 3.03. The molecule has 2 rings (SSSR count). The highest BCUT2D eigenvalue weighted by atomic mass is 15.2. The molecule has 10 heavy (non-hydrogen) atoms. The summed E-state index contributed by atoms with van der Waals surface area (Å²) in [4.78, 5) is 2.37. The fourth-order valence-corrected chi connectivity index (χ4v) is 1.63. The minimum Gasteiger partial charge on any atom is -0.285 e. The van der Waals surface area contributed by atoms with E-state index in [0.717, 1.165) is 25.0 Å². The number of fused-ring (bicyclic) bond motifs is 1. The van der Waals surface area contributed by atoms with Crippen LogP contribution in [0.5, 0.6) is 0 Å². The summed E-state index contributed by atoms with van der Waals surface area (Å²) < 4.78 is 0. The van der Waals surface area contributed by atoms with Crippen LogP contribution < -0.4 is 0 Å². The Morgan fingerprint density at radius 3 is 3.40 bits per heavy atom. The van der Waals surface area contributed by atoms with Gasteiger partial charge in [-0.05, 0) is 12.3 Å². The largest absolute Gasteiger partial charge is 0.285 e. The van der Waals surface area contributed by atoms with E-state index < -0.39 is 0 Å². The zero-order chi connectivity index (χ0) is 6.97. The Hall–Kier alpha value is -0.740. The van der Waals surface area contributed by atoms with E-state index in [2.05, 4.69) is 23.0 Å². The topological polar surface area (TPSA) is 3.24 Å². The predicted octanol–water partition coefficient (Wildman–Crippen LogP) is 0.880. The highest BCUT2D eigenvalue weighted by molar-refractivity contribution is 5.14. The zero-order valence-corrected chi connectivity index (χ0v) is 5.96. The molecule has 0 spiro atoms. The fourth-order valence-electron chi connectivity index (χ4n) is 1.63. The van der Waals surface area contributed by atoms with Crippen molar-refractivity contribution in [2.45, 2.75) is 12.5 Å². The van der Waals surface area contributed by atoms with Crippen molar-refractivity contribution in [3.8, 4) is 12.3 Å². The molecule has 1 saturated carbocycles. The standard InChI is InChI=1S/C9H11N/c1-2-5-10-6-3-4-8-7-9(8)10/h1,3-4,8-9H,5-7H2. The van der Waals surface area contributed by atoms with Crippen LogP contribution in [0.15, 0.2) is 12.2 Å². The van der Waals surface area contributed by atoms with Gasteiger partial charge in [0.15, 0.2) is 0 Å². The van der Waals surface area contributed by atoms with Gasteiger partial charge in [0.1, 0.15) is 0 Å². The van der Waals surface area contributed by atoms with Gasteiger partial charge in [-0.1, -0.05) is 18.1 Å². The van der Waals surface area contributed by atoms with Gasteiger partial charge < -0.3 is 0 Å². The van der Waals surface area contributed by atoms with Gasteiger partial charge in [0, 0.05) is 12.6 Å². The van der Waals surface area contributed by atoms with Crippen molar-refractivity contribution in [2.24, 2.45) is 5.92 Å². The molecule has 1 heteroatoms. The monoisotopic (exact) mass is 133 g/mol. The number of rotatable bonds is 1. The average Bonchev–Trinajstić information content (AvgIpc) is 2.67. The molecule has 2 atom stereocenters. The molecular weight excluding hydrogens is 122 g/mol. The Kier molecular flexibility index (Phi) is 1.28. The van der Waals surface area contributed by atoms with E-state index in [1.54, 1.807) is 0 Å². The maximum atomic E-state index is 5.22. The summed E-state index contributed by atoms with van der Waals surface area (Å²) in [5.41, 5.74) is 0. The number of hydrogen-bond donors (Lipinski definition) is 0. The molecule has 2 aliphatic rings. The van der Waals surface area contributed by atoms with Crippen molar-refractivity contribution >= 4 is 0 Å². The SMILES string of the molecule is C#CCN1CC=CC2CC21. The van der Waals surface area contributed by atoms with Crippen molar-refractivity contribution in [2.75, 3.05) is 13.1 Å². The highest BCUT2D eigenvalue weighted by Gasteiger charge is 2.40. The normalized spacial score (nSPS) is 36.7. The number of terminal acetylenes is 1. The molecule has 0 radical (unpaired) electrons. The summed E-state index contributed by atoms with van der Waals surface area (Å²) in [6.45, 7) is 1.89. The van der Waals surface area contributed by atoms with Crippen molar-refractivity contribution in [1.82, 2.24) is 4.90 Å². The molecular formula is C9H11N. The number of hydrogen-bond acceptors (Lipinski definition) is 1. The van der Waals surface area contributed by atoms with Crippen molar-refractivity contribution < 1.29 is 0 Å². The molecule has 0 bridgehead atoms. The maximum Gasteiger partial charge on any atom is 0.0604 e. The first-order chi connectivity index (χ1) is 4.92. The summed E-state index contributed by atoms with van der Waals surface area (Å²) in [6, 6.07) is 0.793. The first kappa shape index (κ1) is 6.00. The highest BCUT2D eigenvalue weighted by Crippen LogP contribution is 2.38. The first-order valence-corrected chi connectivity index (χ1v) is 3.76. The fraction of sp³-hybridized carbons (Fsp3) is 0.556. The van der Waals surface area contributed by atoms with Crippen LogP contribution in [-0.4, -0.2) is 24.0 Å². The van der Waals surface area contributed by atoms with Gasteiger partial charge in [-0.2, -0.15) is 0 Å². The molecule has 0 saturated heterocycles. The van der Waals surface area contributed by atoms with Gasteiger partial charge >= 0.3 is 0 Å². The lowest BCUT2D eigenvalue weighted by molar-refractivity contribution is 0.312. The Bertz CT molecular complexity index is 199. The van der Waals surface area contributed by atoms with Crippen molar-refractivity contribution in [3.63, 3.8) is 0 Å². The minimum atomic E-state index is 0.793. The lowest BCUT2D eigenvalue weighted by Gasteiger charge is -2.19. The predicted molar refractivity (Wildman–Crippen MR) is 41.4 cm³/mol. The molecule has 1 fully saturated rings. The third-order valence-corrected chi connectivity index (χ3v) is 2.29. The lowest BCUT2D eigenvalue weighted by atomic mass is 10.2. The number of nitrogens with zero attached hydrogens (tertiary/aromatic N) is 1. The van der Waals surface area contributed by atoms with Gasteiger partial charge in [0.05, 0.1) is 6.54 Å². The average molecular weight is 133 g/mol. The zero-order valence-electron chi connectivity index (χ0n) is 5.96. The van der Waals surface area contributed by atoms with E-state index in [-0.39, 0.29) is 0 Å². The second-order valence-corrected chi connectivity index (χ2v) is 3.03. The molecule has 2 unspecified atom stereocenters. The summed E-state index contributed by atoms with van der Waals surface area (Å²) >= 11 is 0. The molecule has 1 aliphatic carbocycles. The van der Waals surface area contributed by atoms with E-state index in [1.165, 1.54) is 6.42 Å². The summed E-state index contributed by atoms with van der Waals surface area (Å²) in [6.07, 6.45) is 11.1.